The monoisotopic (exact) mass is 595 g/mol. The van der Waals surface area contributed by atoms with Gasteiger partial charge in [-0.05, 0) is 146 Å². The lowest BCUT2D eigenvalue weighted by Crippen LogP contribution is -2.62. The van der Waals surface area contributed by atoms with E-state index in [1.807, 2.05) is 0 Å². The fourth-order valence-corrected chi connectivity index (χ4v) is 12.9. The zero-order chi connectivity index (χ0) is 29.1. The lowest BCUT2D eigenvalue weighted by atomic mass is 9.44. The number of nitrogens with zero attached hydrogens (tertiary/aromatic N) is 1. The molecule has 4 saturated carbocycles. The van der Waals surface area contributed by atoms with Gasteiger partial charge in [0.25, 0.3) is 0 Å². The van der Waals surface area contributed by atoms with Crippen LogP contribution in [0.5, 0.6) is 0 Å². The molecule has 0 aliphatic heterocycles. The lowest BCUT2D eigenvalue weighted by molar-refractivity contribution is -0.139. The molecule has 0 heterocycles. The average molecular weight is 596 g/mol. The highest BCUT2D eigenvalue weighted by molar-refractivity contribution is 6.70. The number of oxime groups is 1. The molecule has 5 nitrogen and oxygen atoms in total. The Morgan fingerprint density at radius 2 is 1.44 bits per heavy atom. The lowest BCUT2D eigenvalue weighted by Gasteiger charge is -2.62. The summed E-state index contributed by atoms with van der Waals surface area (Å²) in [7, 11) is -3.43. The molecule has 0 radical (unpaired) electrons. The van der Waals surface area contributed by atoms with Gasteiger partial charge < -0.3 is 18.1 Å². The van der Waals surface area contributed by atoms with Crippen LogP contribution in [0.2, 0.25) is 58.9 Å². The third-order valence-corrected chi connectivity index (χ3v) is 14.1. The fraction of sp³-hybridized carbons (Fsp3) is 0.968. The summed E-state index contributed by atoms with van der Waals surface area (Å²) in [5.74, 6) is 3.10. The molecule has 0 bridgehead atoms. The Bertz CT molecular complexity index is 909. The highest BCUT2D eigenvalue weighted by atomic mass is 28.4. The Kier molecular flexibility index (Phi) is 8.95. The van der Waals surface area contributed by atoms with Gasteiger partial charge in [0.2, 0.25) is 0 Å². The minimum Gasteiger partial charge on any atom is -0.415 e. The molecule has 0 saturated heterocycles. The van der Waals surface area contributed by atoms with Crippen molar-refractivity contribution in [1.82, 2.24) is 0 Å². The molecule has 39 heavy (non-hydrogen) atoms. The highest BCUT2D eigenvalue weighted by Gasteiger charge is 2.67. The van der Waals surface area contributed by atoms with Crippen molar-refractivity contribution in [2.75, 3.05) is 13.7 Å². The van der Waals surface area contributed by atoms with Crippen LogP contribution in [0.3, 0.4) is 0 Å². The van der Waals surface area contributed by atoms with Gasteiger partial charge in [-0.3, -0.25) is 0 Å². The molecule has 4 rings (SSSR count). The minimum atomic E-state index is -1.89. The molecule has 226 valence electrons. The number of rotatable bonds is 9. The van der Waals surface area contributed by atoms with Crippen molar-refractivity contribution in [1.29, 1.82) is 0 Å². The van der Waals surface area contributed by atoms with Gasteiger partial charge >= 0.3 is 0 Å². The summed E-state index contributed by atoms with van der Waals surface area (Å²) >= 11 is 0. The van der Waals surface area contributed by atoms with Crippen LogP contribution in [-0.4, -0.2) is 56.1 Å². The van der Waals surface area contributed by atoms with Crippen molar-refractivity contribution in [2.45, 2.75) is 142 Å². The van der Waals surface area contributed by atoms with Crippen LogP contribution in [0, 0.1) is 34.5 Å². The van der Waals surface area contributed by atoms with E-state index in [1.165, 1.54) is 51.4 Å². The molecular formula is C31H61NO4Si3. The largest absolute Gasteiger partial charge is 0.415 e. The zero-order valence-corrected chi connectivity index (χ0v) is 30.5. The highest BCUT2D eigenvalue weighted by Crippen LogP contribution is 2.69. The van der Waals surface area contributed by atoms with Crippen LogP contribution in [0.4, 0.5) is 0 Å². The Balaban J connectivity index is 1.63. The maximum atomic E-state index is 7.36. The normalized spacial score (nSPS) is 41.5. The van der Waals surface area contributed by atoms with Gasteiger partial charge in [-0.1, -0.05) is 19.0 Å². The van der Waals surface area contributed by atoms with Crippen molar-refractivity contribution in [3.8, 4) is 0 Å². The topological polar surface area (TPSA) is 49.3 Å². The van der Waals surface area contributed by atoms with Crippen molar-refractivity contribution in [3.63, 3.8) is 0 Å². The first-order chi connectivity index (χ1) is 17.8. The van der Waals surface area contributed by atoms with Crippen molar-refractivity contribution < 1.29 is 18.1 Å². The number of hydrogen-bond donors (Lipinski definition) is 0. The molecule has 0 aromatic rings. The second-order valence-corrected chi connectivity index (χ2v) is 30.3. The minimum absolute atomic E-state index is 0.0654. The van der Waals surface area contributed by atoms with Crippen molar-refractivity contribution in [2.24, 2.45) is 39.7 Å². The van der Waals surface area contributed by atoms with Gasteiger partial charge in [-0.15, -0.1) is 0 Å². The summed E-state index contributed by atoms with van der Waals surface area (Å²) < 4.78 is 20.5. The molecular weight excluding hydrogens is 535 g/mol. The van der Waals surface area contributed by atoms with Gasteiger partial charge in [0.05, 0.1) is 6.61 Å². The zero-order valence-electron chi connectivity index (χ0n) is 27.5. The van der Waals surface area contributed by atoms with Gasteiger partial charge in [0.1, 0.15) is 18.4 Å². The predicted octanol–water partition coefficient (Wildman–Crippen LogP) is 8.69. The smallest absolute Gasteiger partial charge is 0.185 e. The van der Waals surface area contributed by atoms with Crippen LogP contribution in [-0.2, 0) is 18.1 Å². The van der Waals surface area contributed by atoms with Gasteiger partial charge in [0, 0.05) is 11.5 Å². The van der Waals surface area contributed by atoms with Crippen LogP contribution < -0.4 is 0 Å². The summed E-state index contributed by atoms with van der Waals surface area (Å²) in [4.78, 5) is 5.53. The van der Waals surface area contributed by atoms with Crippen LogP contribution >= 0.6 is 0 Å². The molecule has 0 N–H and O–H groups in total. The maximum Gasteiger partial charge on any atom is 0.185 e. The van der Waals surface area contributed by atoms with Crippen molar-refractivity contribution in [3.05, 3.63) is 0 Å². The third-order valence-electron chi connectivity index (χ3n) is 11.0. The fourth-order valence-electron chi connectivity index (χ4n) is 9.66. The first kappa shape index (κ1) is 31.9. The first-order valence-corrected chi connectivity index (χ1v) is 26.2. The summed E-state index contributed by atoms with van der Waals surface area (Å²) in [6.07, 6.45) is 11.9. The molecule has 0 aromatic carbocycles. The molecule has 0 spiro atoms. The van der Waals surface area contributed by atoms with E-state index < -0.39 is 25.0 Å². The van der Waals surface area contributed by atoms with E-state index in [0.717, 1.165) is 29.9 Å². The SMILES string of the molecule is CO/N=C(\CO[Si](C)(C)C)[C@@]1(O[Si](C)(C)C)CC[C@H]2[C@@H]3CC[C@@H]4C[C@H](O[Si](C)(C)C)CC[C@]4(C)[C@H]3CC[C@@]21C. The van der Waals surface area contributed by atoms with Gasteiger partial charge in [0.15, 0.2) is 25.0 Å². The van der Waals surface area contributed by atoms with Gasteiger partial charge in [-0.2, -0.15) is 0 Å². The van der Waals surface area contributed by atoms with Gasteiger partial charge in [-0.25, -0.2) is 0 Å². The summed E-state index contributed by atoms with van der Waals surface area (Å²) in [5.41, 5.74) is 1.15. The Morgan fingerprint density at radius 1 is 0.769 bits per heavy atom. The van der Waals surface area contributed by atoms with E-state index in [-0.39, 0.29) is 11.0 Å². The quantitative estimate of drug-likeness (QED) is 0.152. The molecule has 8 heteroatoms. The van der Waals surface area contributed by atoms with E-state index in [2.05, 4.69) is 72.8 Å². The molecule has 0 amide bonds. The average Bonchev–Trinajstić information content (AvgIpc) is 3.06. The van der Waals surface area contributed by atoms with E-state index >= 15 is 0 Å². The predicted molar refractivity (Wildman–Crippen MR) is 171 cm³/mol. The molecule has 0 aromatic heterocycles. The third kappa shape index (κ3) is 6.36. The molecule has 4 fully saturated rings. The summed E-state index contributed by atoms with van der Waals surface area (Å²) in [5, 5.41) is 4.72. The first-order valence-electron chi connectivity index (χ1n) is 16.0. The van der Waals surface area contributed by atoms with E-state index in [0.29, 0.717) is 24.0 Å². The van der Waals surface area contributed by atoms with Crippen LogP contribution in [0.25, 0.3) is 0 Å². The van der Waals surface area contributed by atoms with E-state index in [9.17, 15) is 0 Å². The van der Waals surface area contributed by atoms with E-state index in [1.54, 1.807) is 7.11 Å². The molecule has 8 atom stereocenters. The number of fused-ring (bicyclic) bond motifs is 5. The second kappa shape index (κ2) is 10.9. The maximum absolute atomic E-state index is 7.36. The van der Waals surface area contributed by atoms with Crippen LogP contribution in [0.15, 0.2) is 5.16 Å². The Labute approximate surface area is 243 Å². The summed E-state index contributed by atoms with van der Waals surface area (Å²) in [6, 6.07) is 0. The molecule has 4 aliphatic rings. The van der Waals surface area contributed by atoms with Crippen LogP contribution in [0.1, 0.15) is 71.6 Å². The summed E-state index contributed by atoms with van der Waals surface area (Å²) in [6.45, 7) is 26.6. The second-order valence-electron chi connectivity index (χ2n) is 16.9. The number of hydrogen-bond acceptors (Lipinski definition) is 5. The molecule has 4 aliphatic carbocycles. The Hall–Kier alpha value is 0.000649. The Morgan fingerprint density at radius 3 is 2.03 bits per heavy atom. The standard InChI is InChI=1S/C31H61NO4Si3/c1-29-18-15-24(35-38(7,8)9)21-23(29)13-14-25-26(29)16-19-30(2)27(25)17-20-31(30,36-39(10,11)12)28(32-33-3)22-34-37(4,5)6/h23-27H,13-22H2,1-12H3/b32-28+/t23-,24-,25-,26+,27+,29+,30+,31+/m1/s1. The van der Waals surface area contributed by atoms with E-state index in [4.69, 9.17) is 23.3 Å². The van der Waals surface area contributed by atoms with Crippen molar-refractivity contribution >= 4 is 30.7 Å². The molecule has 0 unspecified atom stereocenters.